The van der Waals surface area contributed by atoms with Crippen molar-refractivity contribution in [2.24, 2.45) is 0 Å². The Morgan fingerprint density at radius 2 is 1.73 bits per heavy atom. The number of ether oxygens (including phenoxy) is 2. The molecule has 0 bridgehead atoms. The van der Waals surface area contributed by atoms with Crippen molar-refractivity contribution in [3.05, 3.63) is 70.9 Å². The molecule has 5 N–H and O–H groups in total. The predicted octanol–water partition coefficient (Wildman–Crippen LogP) is 1.37. The Morgan fingerprint density at radius 3 is 2.43 bits per heavy atom. The van der Waals surface area contributed by atoms with E-state index in [1.807, 2.05) is 43.5 Å². The van der Waals surface area contributed by atoms with Crippen LogP contribution in [0.3, 0.4) is 0 Å². The van der Waals surface area contributed by atoms with Crippen molar-refractivity contribution in [1.29, 1.82) is 0 Å². The lowest BCUT2D eigenvalue weighted by Crippen LogP contribution is -2.56. The van der Waals surface area contributed by atoms with Gasteiger partial charge >= 0.3 is 5.97 Å². The molecule has 1 saturated heterocycles. The summed E-state index contributed by atoms with van der Waals surface area (Å²) in [6.45, 7) is 1.38. The Kier molecular flexibility index (Phi) is 8.96. The van der Waals surface area contributed by atoms with Crippen LogP contribution >= 0.6 is 0 Å². The van der Waals surface area contributed by atoms with E-state index < -0.39 is 37.3 Å². The molecule has 0 spiro atoms. The van der Waals surface area contributed by atoms with Crippen molar-refractivity contribution in [1.82, 2.24) is 4.57 Å². The molecule has 37 heavy (non-hydrogen) atoms. The number of rotatable bonds is 10. The summed E-state index contributed by atoms with van der Waals surface area (Å²) < 4.78 is 12.5. The molecule has 5 atom stereocenters. The van der Waals surface area contributed by atoms with Crippen LogP contribution in [0.2, 0.25) is 0 Å². The number of aliphatic hydroxyl groups is 5. The zero-order valence-electron chi connectivity index (χ0n) is 20.9. The fourth-order valence-corrected chi connectivity index (χ4v) is 4.96. The standard InChI is InChI=1S/C28H35NO8/c1-17-4-2-6-21-24(17)20(15-29(21)28-27(35)26(34)25(33)22(16-31)37-28)14-19-10-8-18(9-11-19)5-3-7-23(32)36-13-12-30/h2,4,6,8-11,15,22,25-28,30-31,33-35H,3,5,7,12-14,16H2,1H3/t22-,25-,26+,27-,28-/m1/s1. The van der Waals surface area contributed by atoms with Gasteiger partial charge in [0.25, 0.3) is 0 Å². The van der Waals surface area contributed by atoms with Crippen molar-refractivity contribution in [2.75, 3.05) is 19.8 Å². The first kappa shape index (κ1) is 27.3. The Labute approximate surface area is 215 Å². The average Bonchev–Trinajstić information content (AvgIpc) is 3.26. The van der Waals surface area contributed by atoms with E-state index in [1.54, 1.807) is 4.57 Å². The number of carbonyl (C=O) groups is 1. The third kappa shape index (κ3) is 6.04. The number of nitrogens with zero attached hydrogens (tertiary/aromatic N) is 1. The van der Waals surface area contributed by atoms with E-state index in [-0.39, 0.29) is 19.2 Å². The zero-order chi connectivity index (χ0) is 26.5. The van der Waals surface area contributed by atoms with Gasteiger partial charge in [-0.2, -0.15) is 0 Å². The van der Waals surface area contributed by atoms with E-state index >= 15 is 0 Å². The second-order valence-electron chi connectivity index (χ2n) is 9.54. The molecule has 1 aliphatic rings. The molecule has 9 heteroatoms. The monoisotopic (exact) mass is 513 g/mol. The van der Waals surface area contributed by atoms with Gasteiger partial charge < -0.3 is 39.6 Å². The van der Waals surface area contributed by atoms with Crippen LogP contribution in [-0.2, 0) is 27.1 Å². The molecule has 3 aromatic rings. The minimum Gasteiger partial charge on any atom is -0.463 e. The van der Waals surface area contributed by atoms with Crippen LogP contribution in [0.15, 0.2) is 48.7 Å². The van der Waals surface area contributed by atoms with Gasteiger partial charge in [0.05, 0.1) is 18.7 Å². The van der Waals surface area contributed by atoms with E-state index in [9.17, 15) is 25.2 Å². The van der Waals surface area contributed by atoms with Crippen molar-refractivity contribution in [2.45, 2.75) is 63.3 Å². The smallest absolute Gasteiger partial charge is 0.305 e. The lowest BCUT2D eigenvalue weighted by molar-refractivity contribution is -0.250. The van der Waals surface area contributed by atoms with E-state index in [0.717, 1.165) is 39.6 Å². The third-order valence-electron chi connectivity index (χ3n) is 6.90. The second kappa shape index (κ2) is 12.2. The minimum absolute atomic E-state index is 0.0276. The van der Waals surface area contributed by atoms with Crippen molar-refractivity contribution in [3.63, 3.8) is 0 Å². The highest BCUT2D eigenvalue weighted by Gasteiger charge is 2.44. The van der Waals surface area contributed by atoms with E-state index in [1.165, 1.54) is 0 Å². The maximum Gasteiger partial charge on any atom is 0.305 e. The summed E-state index contributed by atoms with van der Waals surface area (Å²) in [4.78, 5) is 11.6. The summed E-state index contributed by atoms with van der Waals surface area (Å²) in [7, 11) is 0. The van der Waals surface area contributed by atoms with Gasteiger partial charge in [0.1, 0.15) is 31.0 Å². The summed E-state index contributed by atoms with van der Waals surface area (Å²) >= 11 is 0. The molecule has 2 heterocycles. The van der Waals surface area contributed by atoms with Gasteiger partial charge in [-0.05, 0) is 54.5 Å². The number of aromatic nitrogens is 1. The highest BCUT2D eigenvalue weighted by Crippen LogP contribution is 2.35. The van der Waals surface area contributed by atoms with E-state index in [2.05, 4.69) is 12.1 Å². The first-order chi connectivity index (χ1) is 17.8. The molecule has 200 valence electrons. The number of benzene rings is 2. The van der Waals surface area contributed by atoms with Crippen LogP contribution in [0.4, 0.5) is 0 Å². The maximum atomic E-state index is 11.6. The highest BCUT2D eigenvalue weighted by atomic mass is 16.6. The quantitative estimate of drug-likeness (QED) is 0.256. The first-order valence-electron chi connectivity index (χ1n) is 12.6. The van der Waals surface area contributed by atoms with Gasteiger partial charge in [-0.15, -0.1) is 0 Å². The molecule has 2 aromatic carbocycles. The normalized spacial score (nSPS) is 23.9. The topological polar surface area (TPSA) is 142 Å². The van der Waals surface area contributed by atoms with Gasteiger partial charge in [0, 0.05) is 18.0 Å². The first-order valence-corrected chi connectivity index (χ1v) is 12.6. The summed E-state index contributed by atoms with van der Waals surface area (Å²) in [5.41, 5.74) is 5.09. The maximum absolute atomic E-state index is 11.6. The van der Waals surface area contributed by atoms with Crippen molar-refractivity contribution < 1.29 is 39.8 Å². The summed E-state index contributed by atoms with van der Waals surface area (Å²) in [5, 5.41) is 50.5. The van der Waals surface area contributed by atoms with Gasteiger partial charge in [-0.1, -0.05) is 36.4 Å². The number of aryl methyl sites for hydroxylation is 2. The lowest BCUT2D eigenvalue weighted by Gasteiger charge is -2.40. The molecule has 0 unspecified atom stereocenters. The fraction of sp³-hybridized carbons (Fsp3) is 0.464. The van der Waals surface area contributed by atoms with E-state index in [4.69, 9.17) is 14.6 Å². The molecule has 1 fully saturated rings. The number of hydrogen-bond donors (Lipinski definition) is 5. The van der Waals surface area contributed by atoms with Gasteiger partial charge in [-0.25, -0.2) is 0 Å². The highest BCUT2D eigenvalue weighted by molar-refractivity contribution is 5.87. The van der Waals surface area contributed by atoms with Gasteiger partial charge in [0.15, 0.2) is 6.23 Å². The lowest BCUT2D eigenvalue weighted by atomic mass is 9.98. The average molecular weight is 514 g/mol. The summed E-state index contributed by atoms with van der Waals surface area (Å²) in [6.07, 6.45) is -1.97. The van der Waals surface area contributed by atoms with Gasteiger partial charge in [0.2, 0.25) is 0 Å². The second-order valence-corrected chi connectivity index (χ2v) is 9.54. The SMILES string of the molecule is Cc1cccc2c1c(Cc1ccc(CCCC(=O)OCCO)cc1)cn2[C@@H]1O[C@H](CO)[C@@H](O)[C@H](O)[C@H]1O. The van der Waals surface area contributed by atoms with E-state index in [0.29, 0.717) is 19.3 Å². The van der Waals surface area contributed by atoms with Crippen molar-refractivity contribution in [3.8, 4) is 0 Å². The molecule has 0 saturated carbocycles. The number of hydrogen-bond acceptors (Lipinski definition) is 8. The minimum atomic E-state index is -1.45. The van der Waals surface area contributed by atoms with Crippen LogP contribution in [0, 0.1) is 6.92 Å². The molecule has 1 aliphatic heterocycles. The predicted molar refractivity (Wildman–Crippen MR) is 136 cm³/mol. The summed E-state index contributed by atoms with van der Waals surface area (Å²) in [5.74, 6) is -0.308. The Balaban J connectivity index is 1.52. The number of esters is 1. The Bertz CT molecular complexity index is 1190. The van der Waals surface area contributed by atoms with Crippen LogP contribution in [-0.4, -0.2) is 80.3 Å². The molecular formula is C28H35NO8. The molecular weight excluding hydrogens is 478 g/mol. The molecule has 0 radical (unpaired) electrons. The van der Waals surface area contributed by atoms with Gasteiger partial charge in [-0.3, -0.25) is 4.79 Å². The number of carbonyl (C=O) groups excluding carboxylic acids is 1. The number of fused-ring (bicyclic) bond motifs is 1. The van der Waals surface area contributed by atoms with Crippen LogP contribution < -0.4 is 0 Å². The largest absolute Gasteiger partial charge is 0.463 e. The van der Waals surface area contributed by atoms with Crippen LogP contribution in [0.1, 0.15) is 41.3 Å². The molecule has 4 rings (SSSR count). The summed E-state index contributed by atoms with van der Waals surface area (Å²) in [6, 6.07) is 14.0. The molecule has 0 aliphatic carbocycles. The molecule has 1 aromatic heterocycles. The fourth-order valence-electron chi connectivity index (χ4n) is 4.96. The van der Waals surface area contributed by atoms with Crippen molar-refractivity contribution >= 4 is 16.9 Å². The number of aliphatic hydroxyl groups excluding tert-OH is 5. The third-order valence-corrected chi connectivity index (χ3v) is 6.90. The Morgan fingerprint density at radius 1 is 1.00 bits per heavy atom. The molecule has 9 nitrogen and oxygen atoms in total. The Hall–Kier alpha value is -2.79. The van der Waals surface area contributed by atoms with Crippen LogP contribution in [0.25, 0.3) is 10.9 Å². The zero-order valence-corrected chi connectivity index (χ0v) is 20.9. The molecule has 0 amide bonds. The van der Waals surface area contributed by atoms with Crippen LogP contribution in [0.5, 0.6) is 0 Å².